The van der Waals surface area contributed by atoms with Crippen molar-refractivity contribution >= 4 is 5.97 Å². The predicted molar refractivity (Wildman–Crippen MR) is 109 cm³/mol. The SMILES string of the molecule is NCCCCCCCCC=CCCCCCCCCCCCC(=O)O. The summed E-state index contributed by atoms with van der Waals surface area (Å²) in [4.78, 5) is 10.4. The van der Waals surface area contributed by atoms with Crippen LogP contribution in [0.15, 0.2) is 12.2 Å². The lowest BCUT2D eigenvalue weighted by molar-refractivity contribution is -0.137. The van der Waals surface area contributed by atoms with E-state index < -0.39 is 5.97 Å². The molecule has 0 aliphatic heterocycles. The first-order valence-corrected chi connectivity index (χ1v) is 10.8. The Hall–Kier alpha value is -0.830. The maximum Gasteiger partial charge on any atom is 0.303 e. The summed E-state index contributed by atoms with van der Waals surface area (Å²) in [7, 11) is 0. The van der Waals surface area contributed by atoms with Gasteiger partial charge in [0.05, 0.1) is 0 Å². The molecule has 3 nitrogen and oxygen atoms in total. The van der Waals surface area contributed by atoms with Gasteiger partial charge in [-0.2, -0.15) is 0 Å². The van der Waals surface area contributed by atoms with Gasteiger partial charge in [0.2, 0.25) is 0 Å². The van der Waals surface area contributed by atoms with Crippen molar-refractivity contribution in [3.05, 3.63) is 12.2 Å². The van der Waals surface area contributed by atoms with Crippen LogP contribution in [-0.4, -0.2) is 17.6 Å². The van der Waals surface area contributed by atoms with E-state index >= 15 is 0 Å². The second-order valence-electron chi connectivity index (χ2n) is 7.28. The van der Waals surface area contributed by atoms with Gasteiger partial charge in [0, 0.05) is 6.42 Å². The third kappa shape index (κ3) is 23.2. The van der Waals surface area contributed by atoms with Crippen molar-refractivity contribution in [3.8, 4) is 0 Å². The van der Waals surface area contributed by atoms with Gasteiger partial charge in [-0.15, -0.1) is 0 Å². The minimum atomic E-state index is -0.660. The van der Waals surface area contributed by atoms with Crippen molar-refractivity contribution in [1.82, 2.24) is 0 Å². The number of hydrogen-bond acceptors (Lipinski definition) is 2. The van der Waals surface area contributed by atoms with Crippen LogP contribution < -0.4 is 5.73 Å². The third-order valence-electron chi connectivity index (χ3n) is 4.75. The summed E-state index contributed by atoms with van der Waals surface area (Å²) in [6.45, 7) is 0.845. The fourth-order valence-corrected chi connectivity index (χ4v) is 3.13. The quantitative estimate of drug-likeness (QED) is 0.191. The van der Waals surface area contributed by atoms with E-state index in [1.54, 1.807) is 0 Å². The van der Waals surface area contributed by atoms with Crippen LogP contribution in [0.4, 0.5) is 0 Å². The van der Waals surface area contributed by atoms with Crippen LogP contribution in [0.5, 0.6) is 0 Å². The largest absolute Gasteiger partial charge is 0.481 e. The van der Waals surface area contributed by atoms with Gasteiger partial charge in [0.25, 0.3) is 0 Å². The Morgan fingerprint density at radius 3 is 1.36 bits per heavy atom. The molecule has 0 heterocycles. The average Bonchev–Trinajstić information content (AvgIpc) is 2.60. The lowest BCUT2D eigenvalue weighted by Crippen LogP contribution is -1.97. The molecule has 0 fully saturated rings. The van der Waals surface area contributed by atoms with Gasteiger partial charge in [-0.3, -0.25) is 4.79 Å². The van der Waals surface area contributed by atoms with Crippen molar-refractivity contribution in [2.75, 3.05) is 6.54 Å². The molecule has 3 N–H and O–H groups in total. The summed E-state index contributed by atoms with van der Waals surface area (Å²) in [6.07, 6.45) is 26.6. The predicted octanol–water partition coefficient (Wildman–Crippen LogP) is 6.61. The van der Waals surface area contributed by atoms with Crippen LogP contribution >= 0.6 is 0 Å². The van der Waals surface area contributed by atoms with E-state index in [9.17, 15) is 4.79 Å². The Bertz CT molecular complexity index is 302. The standard InChI is InChI=1S/C22H43NO2/c23-21-19-17-15-13-11-9-7-5-3-1-2-4-6-8-10-12-14-16-18-20-22(24)25/h3,5H,1-2,4,6-21,23H2,(H,24,25). The van der Waals surface area contributed by atoms with Gasteiger partial charge in [-0.25, -0.2) is 0 Å². The van der Waals surface area contributed by atoms with Gasteiger partial charge >= 0.3 is 5.97 Å². The van der Waals surface area contributed by atoms with Crippen LogP contribution in [-0.2, 0) is 4.79 Å². The van der Waals surface area contributed by atoms with Crippen LogP contribution in [0.1, 0.15) is 116 Å². The zero-order valence-corrected chi connectivity index (χ0v) is 16.5. The minimum absolute atomic E-state index is 0.336. The number of carbonyl (C=O) groups is 1. The Morgan fingerprint density at radius 2 is 0.960 bits per heavy atom. The zero-order chi connectivity index (χ0) is 18.4. The molecule has 0 saturated heterocycles. The molecule has 0 aliphatic carbocycles. The molecule has 0 aromatic heterocycles. The Balaban J connectivity index is 3.07. The van der Waals surface area contributed by atoms with Crippen LogP contribution in [0.3, 0.4) is 0 Å². The highest BCUT2D eigenvalue weighted by Gasteiger charge is 1.96. The monoisotopic (exact) mass is 353 g/mol. The van der Waals surface area contributed by atoms with Gasteiger partial charge < -0.3 is 10.8 Å². The van der Waals surface area contributed by atoms with E-state index in [-0.39, 0.29) is 0 Å². The highest BCUT2D eigenvalue weighted by Crippen LogP contribution is 2.12. The summed E-state index contributed by atoms with van der Waals surface area (Å²) in [6, 6.07) is 0. The number of hydrogen-bond donors (Lipinski definition) is 2. The summed E-state index contributed by atoms with van der Waals surface area (Å²) in [5.74, 6) is -0.660. The third-order valence-corrected chi connectivity index (χ3v) is 4.75. The van der Waals surface area contributed by atoms with Crippen LogP contribution in [0.2, 0.25) is 0 Å². The maximum absolute atomic E-state index is 10.4. The number of unbranched alkanes of at least 4 members (excludes halogenated alkanes) is 15. The first kappa shape index (κ1) is 24.2. The van der Waals surface area contributed by atoms with Crippen molar-refractivity contribution in [1.29, 1.82) is 0 Å². The summed E-state index contributed by atoms with van der Waals surface area (Å²) >= 11 is 0. The number of aliphatic carboxylic acids is 1. The van der Waals surface area contributed by atoms with E-state index in [2.05, 4.69) is 12.2 Å². The molecule has 0 atom stereocenters. The topological polar surface area (TPSA) is 63.3 Å². The van der Waals surface area contributed by atoms with E-state index in [1.165, 1.54) is 96.3 Å². The molecule has 25 heavy (non-hydrogen) atoms. The average molecular weight is 354 g/mol. The lowest BCUT2D eigenvalue weighted by Gasteiger charge is -2.01. The minimum Gasteiger partial charge on any atom is -0.481 e. The van der Waals surface area contributed by atoms with E-state index in [4.69, 9.17) is 10.8 Å². The molecule has 0 aromatic rings. The molecule has 3 heteroatoms. The number of carboxylic acids is 1. The zero-order valence-electron chi connectivity index (χ0n) is 16.5. The molecule has 0 amide bonds. The molecule has 0 saturated carbocycles. The van der Waals surface area contributed by atoms with Crippen molar-refractivity contribution < 1.29 is 9.90 Å². The molecule has 0 spiro atoms. The van der Waals surface area contributed by atoms with Crippen molar-refractivity contribution in [2.45, 2.75) is 116 Å². The number of nitrogens with two attached hydrogens (primary N) is 1. The summed E-state index contributed by atoms with van der Waals surface area (Å²) < 4.78 is 0. The molecule has 0 unspecified atom stereocenters. The first-order chi connectivity index (χ1) is 12.3. The summed E-state index contributed by atoms with van der Waals surface area (Å²) in [5.41, 5.74) is 5.49. The van der Waals surface area contributed by atoms with Gasteiger partial charge in [0.15, 0.2) is 0 Å². The highest BCUT2D eigenvalue weighted by atomic mass is 16.4. The maximum atomic E-state index is 10.4. The number of allylic oxidation sites excluding steroid dienone is 2. The van der Waals surface area contributed by atoms with E-state index in [0.717, 1.165) is 19.4 Å². The fraction of sp³-hybridized carbons (Fsp3) is 0.864. The second kappa shape index (κ2) is 21.2. The smallest absolute Gasteiger partial charge is 0.303 e. The van der Waals surface area contributed by atoms with Crippen molar-refractivity contribution in [2.24, 2.45) is 5.73 Å². The van der Waals surface area contributed by atoms with Crippen LogP contribution in [0.25, 0.3) is 0 Å². The van der Waals surface area contributed by atoms with Crippen LogP contribution in [0, 0.1) is 0 Å². The first-order valence-electron chi connectivity index (χ1n) is 10.8. The lowest BCUT2D eigenvalue weighted by atomic mass is 10.1. The molecule has 0 aromatic carbocycles. The molecular formula is C22H43NO2. The molecule has 0 bridgehead atoms. The summed E-state index contributed by atoms with van der Waals surface area (Å²) in [5, 5.41) is 8.56. The molecule has 0 rings (SSSR count). The van der Waals surface area contributed by atoms with Gasteiger partial charge in [-0.1, -0.05) is 82.8 Å². The van der Waals surface area contributed by atoms with Gasteiger partial charge in [0.1, 0.15) is 0 Å². The van der Waals surface area contributed by atoms with E-state index in [1.807, 2.05) is 0 Å². The molecule has 0 aliphatic rings. The Morgan fingerprint density at radius 1 is 0.600 bits per heavy atom. The molecule has 0 radical (unpaired) electrons. The number of rotatable bonds is 20. The van der Waals surface area contributed by atoms with Gasteiger partial charge in [-0.05, 0) is 45.1 Å². The second-order valence-corrected chi connectivity index (χ2v) is 7.28. The highest BCUT2D eigenvalue weighted by molar-refractivity contribution is 5.66. The normalized spacial score (nSPS) is 11.4. The number of carboxylic acid groups (broad SMARTS) is 1. The Labute approximate surface area is 156 Å². The van der Waals surface area contributed by atoms with E-state index in [0.29, 0.717) is 6.42 Å². The molecular weight excluding hydrogens is 310 g/mol. The molecule has 148 valence electrons. The van der Waals surface area contributed by atoms with Crippen molar-refractivity contribution in [3.63, 3.8) is 0 Å². The fourth-order valence-electron chi connectivity index (χ4n) is 3.13. The Kier molecular flexibility index (Phi) is 20.5.